The molecule has 1 aliphatic carbocycles. The third-order valence-corrected chi connectivity index (χ3v) is 6.66. The molecule has 0 atom stereocenters. The van der Waals surface area contributed by atoms with Gasteiger partial charge in [-0.15, -0.1) is 5.10 Å². The van der Waals surface area contributed by atoms with Gasteiger partial charge in [0.25, 0.3) is 0 Å². The number of amides is 1. The molecule has 0 spiro atoms. The van der Waals surface area contributed by atoms with E-state index in [-0.39, 0.29) is 23.5 Å². The van der Waals surface area contributed by atoms with Crippen LogP contribution in [0.2, 0.25) is 0 Å². The van der Waals surface area contributed by atoms with E-state index >= 15 is 0 Å². The van der Waals surface area contributed by atoms with Crippen LogP contribution in [0.15, 0.2) is 64.2 Å². The minimum Gasteiger partial charge on any atom is -0.408 e. The van der Waals surface area contributed by atoms with Crippen LogP contribution in [-0.4, -0.2) is 24.5 Å². The van der Waals surface area contributed by atoms with Crippen LogP contribution >= 0.6 is 0 Å². The molecular weight excluding hydrogens is 402 g/mol. The van der Waals surface area contributed by atoms with E-state index in [4.69, 9.17) is 4.42 Å². The Bertz CT molecular complexity index is 1100. The van der Waals surface area contributed by atoms with E-state index in [1.165, 1.54) is 6.42 Å². The van der Waals surface area contributed by atoms with Crippen LogP contribution in [0.25, 0.3) is 11.5 Å². The number of benzene rings is 2. The van der Waals surface area contributed by atoms with Crippen LogP contribution in [0.3, 0.4) is 0 Å². The average molecular weight is 426 g/mol. The second kappa shape index (κ2) is 8.79. The maximum atomic E-state index is 12.5. The minimum absolute atomic E-state index is 0.0505. The molecule has 0 aliphatic heterocycles. The molecular formula is C22H23N3O4S. The van der Waals surface area contributed by atoms with Gasteiger partial charge < -0.3 is 9.73 Å². The molecule has 1 fully saturated rings. The van der Waals surface area contributed by atoms with Crippen LogP contribution < -0.4 is 5.32 Å². The van der Waals surface area contributed by atoms with Gasteiger partial charge in [-0.05, 0) is 42.7 Å². The van der Waals surface area contributed by atoms with Gasteiger partial charge >= 0.3 is 5.22 Å². The molecule has 4 rings (SSSR count). The van der Waals surface area contributed by atoms with Crippen LogP contribution in [0, 0.1) is 5.92 Å². The van der Waals surface area contributed by atoms with Crippen molar-refractivity contribution in [3.05, 3.63) is 60.2 Å². The summed E-state index contributed by atoms with van der Waals surface area (Å²) in [5, 5.41) is 10.1. The molecule has 7 nitrogen and oxygen atoms in total. The molecule has 8 heteroatoms. The fourth-order valence-corrected chi connectivity index (χ4v) is 4.74. The Labute approximate surface area is 175 Å². The van der Waals surface area contributed by atoms with Crippen molar-refractivity contribution < 1.29 is 17.6 Å². The van der Waals surface area contributed by atoms with Crippen molar-refractivity contribution in [3.8, 4) is 11.5 Å². The first kappa shape index (κ1) is 20.3. The highest BCUT2D eigenvalue weighted by atomic mass is 32.2. The first-order valence-electron chi connectivity index (χ1n) is 10.0. The zero-order valence-electron chi connectivity index (χ0n) is 16.5. The second-order valence-electron chi connectivity index (χ2n) is 7.52. The van der Waals surface area contributed by atoms with Crippen LogP contribution in [0.4, 0.5) is 5.69 Å². The Morgan fingerprint density at radius 2 is 1.67 bits per heavy atom. The summed E-state index contributed by atoms with van der Waals surface area (Å²) >= 11 is 0. The number of sulfone groups is 1. The van der Waals surface area contributed by atoms with Gasteiger partial charge in [0, 0.05) is 17.2 Å². The topological polar surface area (TPSA) is 102 Å². The maximum Gasteiger partial charge on any atom is 0.336 e. The van der Waals surface area contributed by atoms with Crippen molar-refractivity contribution in [1.82, 2.24) is 10.2 Å². The van der Waals surface area contributed by atoms with E-state index in [1.807, 2.05) is 6.07 Å². The third kappa shape index (κ3) is 4.76. The number of hydrogen-bond donors (Lipinski definition) is 1. The maximum absolute atomic E-state index is 12.5. The highest BCUT2D eigenvalue weighted by molar-refractivity contribution is 7.90. The Balaban J connectivity index is 1.43. The Morgan fingerprint density at radius 3 is 2.37 bits per heavy atom. The molecule has 0 bridgehead atoms. The number of aromatic nitrogens is 2. The second-order valence-corrected chi connectivity index (χ2v) is 9.39. The number of nitrogens with one attached hydrogen (secondary N) is 1. The largest absolute Gasteiger partial charge is 0.408 e. The summed E-state index contributed by atoms with van der Waals surface area (Å²) in [4.78, 5) is 12.4. The van der Waals surface area contributed by atoms with E-state index in [2.05, 4.69) is 15.5 Å². The summed E-state index contributed by atoms with van der Waals surface area (Å²) in [6.45, 7) is 0. The predicted molar refractivity (Wildman–Crippen MR) is 112 cm³/mol. The lowest BCUT2D eigenvalue weighted by Crippen LogP contribution is -2.24. The van der Waals surface area contributed by atoms with Crippen LogP contribution in [0.5, 0.6) is 0 Å². The molecule has 2 aromatic carbocycles. The SMILES string of the molecule is O=C(Nc1ccc(-c2nnc(S(=O)(=O)Cc3ccccc3)o2)cc1)C1CCCCC1. The van der Waals surface area contributed by atoms with Gasteiger partial charge in [0.2, 0.25) is 21.6 Å². The fraction of sp³-hybridized carbons (Fsp3) is 0.318. The molecule has 1 heterocycles. The highest BCUT2D eigenvalue weighted by Crippen LogP contribution is 2.26. The Morgan fingerprint density at radius 1 is 0.967 bits per heavy atom. The van der Waals surface area contributed by atoms with Crippen LogP contribution in [0.1, 0.15) is 37.7 Å². The van der Waals surface area contributed by atoms with E-state index in [0.29, 0.717) is 16.8 Å². The molecule has 0 radical (unpaired) electrons. The standard InChI is InChI=1S/C22H23N3O4S/c26-20(17-9-5-2-6-10-17)23-19-13-11-18(12-14-19)21-24-25-22(29-21)30(27,28)15-16-7-3-1-4-8-16/h1,3-4,7-8,11-14,17H,2,5-6,9-10,15H2,(H,23,26). The monoisotopic (exact) mass is 425 g/mol. The lowest BCUT2D eigenvalue weighted by molar-refractivity contribution is -0.120. The lowest BCUT2D eigenvalue weighted by atomic mass is 9.88. The molecule has 0 unspecified atom stereocenters. The molecule has 1 aromatic heterocycles. The fourth-order valence-electron chi connectivity index (χ4n) is 3.61. The number of carbonyl (C=O) groups excluding carboxylic acids is 1. The van der Waals surface area contributed by atoms with Crippen molar-refractivity contribution in [2.24, 2.45) is 5.92 Å². The van der Waals surface area contributed by atoms with E-state index < -0.39 is 15.1 Å². The number of nitrogens with zero attached hydrogens (tertiary/aromatic N) is 2. The summed E-state index contributed by atoms with van der Waals surface area (Å²) < 4.78 is 30.5. The van der Waals surface area contributed by atoms with Gasteiger partial charge in [0.15, 0.2) is 0 Å². The summed E-state index contributed by atoms with van der Waals surface area (Å²) in [5.41, 5.74) is 1.92. The van der Waals surface area contributed by atoms with E-state index in [1.54, 1.807) is 48.5 Å². The highest BCUT2D eigenvalue weighted by Gasteiger charge is 2.24. The van der Waals surface area contributed by atoms with Gasteiger partial charge in [-0.3, -0.25) is 4.79 Å². The Hall–Kier alpha value is -3.00. The first-order chi connectivity index (χ1) is 14.5. The summed E-state index contributed by atoms with van der Waals surface area (Å²) in [7, 11) is -3.73. The number of hydrogen-bond acceptors (Lipinski definition) is 6. The first-order valence-corrected chi connectivity index (χ1v) is 11.7. The molecule has 1 saturated carbocycles. The summed E-state index contributed by atoms with van der Waals surface area (Å²) in [5.74, 6) is 0.0368. The number of anilines is 1. The smallest absolute Gasteiger partial charge is 0.336 e. The van der Waals surface area contributed by atoms with Crippen molar-refractivity contribution in [2.45, 2.75) is 43.1 Å². The molecule has 3 aromatic rings. The molecule has 156 valence electrons. The van der Waals surface area contributed by atoms with Crippen LogP contribution in [-0.2, 0) is 20.4 Å². The van der Waals surface area contributed by atoms with Crippen molar-refractivity contribution >= 4 is 21.4 Å². The Kier molecular flexibility index (Phi) is 5.94. The normalized spacial score (nSPS) is 15.1. The zero-order valence-corrected chi connectivity index (χ0v) is 17.3. The lowest BCUT2D eigenvalue weighted by Gasteiger charge is -2.20. The molecule has 0 saturated heterocycles. The van der Waals surface area contributed by atoms with Gasteiger partial charge in [-0.25, -0.2) is 8.42 Å². The molecule has 1 aliphatic rings. The molecule has 1 N–H and O–H groups in total. The number of carbonyl (C=O) groups is 1. The van der Waals surface area contributed by atoms with Gasteiger partial charge in [-0.2, -0.15) is 0 Å². The molecule has 30 heavy (non-hydrogen) atoms. The van der Waals surface area contributed by atoms with Gasteiger partial charge in [-0.1, -0.05) is 54.7 Å². The van der Waals surface area contributed by atoms with Crippen molar-refractivity contribution in [2.75, 3.05) is 5.32 Å². The molecule has 1 amide bonds. The quantitative estimate of drug-likeness (QED) is 0.634. The number of rotatable bonds is 6. The van der Waals surface area contributed by atoms with E-state index in [9.17, 15) is 13.2 Å². The van der Waals surface area contributed by atoms with Gasteiger partial charge in [0.1, 0.15) is 0 Å². The minimum atomic E-state index is -3.73. The predicted octanol–water partition coefficient (Wildman–Crippen LogP) is 4.23. The van der Waals surface area contributed by atoms with Crippen molar-refractivity contribution in [1.29, 1.82) is 0 Å². The van der Waals surface area contributed by atoms with E-state index in [0.717, 1.165) is 25.7 Å². The van der Waals surface area contributed by atoms with Gasteiger partial charge in [0.05, 0.1) is 5.75 Å². The van der Waals surface area contributed by atoms with Crippen molar-refractivity contribution in [3.63, 3.8) is 0 Å². The zero-order chi connectivity index (χ0) is 21.0. The summed E-state index contributed by atoms with van der Waals surface area (Å²) in [6.07, 6.45) is 5.28. The third-order valence-electron chi connectivity index (χ3n) is 5.25. The average Bonchev–Trinajstić information content (AvgIpc) is 3.27. The summed E-state index contributed by atoms with van der Waals surface area (Å²) in [6, 6.07) is 15.8.